The molecule has 1 saturated heterocycles. The second kappa shape index (κ2) is 5.59. The molecule has 1 aliphatic heterocycles. The zero-order chi connectivity index (χ0) is 15.9. The Labute approximate surface area is 129 Å². The Bertz CT molecular complexity index is 667. The summed E-state index contributed by atoms with van der Waals surface area (Å²) in [6, 6.07) is 1.76. The van der Waals surface area contributed by atoms with Crippen molar-refractivity contribution in [1.82, 2.24) is 15.2 Å². The highest BCUT2D eigenvalue weighted by Crippen LogP contribution is 2.36. The summed E-state index contributed by atoms with van der Waals surface area (Å²) in [5, 5.41) is 7.94. The average molecular weight is 303 g/mol. The van der Waals surface area contributed by atoms with Crippen molar-refractivity contribution >= 4 is 5.91 Å². The molecule has 2 aromatic rings. The molecule has 0 unspecified atom stereocenters. The number of likely N-dealkylation sites (tertiary alicyclic amines) is 1. The van der Waals surface area contributed by atoms with Crippen LogP contribution in [0.1, 0.15) is 71.9 Å². The van der Waals surface area contributed by atoms with Crippen molar-refractivity contribution < 1.29 is 13.8 Å². The molecule has 118 valence electrons. The highest BCUT2D eigenvalue weighted by molar-refractivity contribution is 5.92. The molecule has 0 aliphatic carbocycles. The second-order valence-corrected chi connectivity index (χ2v) is 6.16. The van der Waals surface area contributed by atoms with E-state index in [1.165, 1.54) is 0 Å². The smallest absolute Gasteiger partial charge is 0.276 e. The third-order valence-electron chi connectivity index (χ3n) is 4.25. The van der Waals surface area contributed by atoms with Gasteiger partial charge in [-0.15, -0.1) is 0 Å². The first kappa shape index (κ1) is 14.8. The van der Waals surface area contributed by atoms with Crippen LogP contribution in [0.3, 0.4) is 0 Å². The number of carbonyl (C=O) groups excluding carboxylic acids is 1. The molecule has 0 radical (unpaired) electrons. The molecule has 1 amide bonds. The Morgan fingerprint density at radius 2 is 2.09 bits per heavy atom. The molecule has 0 bridgehead atoms. The average Bonchev–Trinajstić information content (AvgIpc) is 3.18. The lowest BCUT2D eigenvalue weighted by Gasteiger charge is -2.23. The molecule has 6 nitrogen and oxygen atoms in total. The Morgan fingerprint density at radius 3 is 2.68 bits per heavy atom. The summed E-state index contributed by atoms with van der Waals surface area (Å²) in [6.07, 6.45) is 1.89. The van der Waals surface area contributed by atoms with Crippen molar-refractivity contribution in [3.8, 4) is 0 Å². The van der Waals surface area contributed by atoms with Crippen molar-refractivity contribution in [3.05, 3.63) is 34.5 Å². The molecule has 0 N–H and O–H groups in total. The minimum absolute atomic E-state index is 0.0120. The van der Waals surface area contributed by atoms with Gasteiger partial charge in [0.1, 0.15) is 11.5 Å². The molecular weight excluding hydrogens is 282 g/mol. The third-order valence-corrected chi connectivity index (χ3v) is 4.25. The predicted molar refractivity (Wildman–Crippen MR) is 79.6 cm³/mol. The molecule has 1 aliphatic rings. The van der Waals surface area contributed by atoms with Crippen LogP contribution in [0.15, 0.2) is 15.1 Å². The first-order valence-electron chi connectivity index (χ1n) is 7.69. The van der Waals surface area contributed by atoms with Crippen LogP contribution < -0.4 is 0 Å². The number of hydrogen-bond donors (Lipinski definition) is 0. The highest BCUT2D eigenvalue weighted by atomic mass is 16.5. The maximum Gasteiger partial charge on any atom is 0.276 e. The van der Waals surface area contributed by atoms with Crippen LogP contribution in [0.4, 0.5) is 0 Å². The summed E-state index contributed by atoms with van der Waals surface area (Å²) < 4.78 is 10.5. The van der Waals surface area contributed by atoms with Gasteiger partial charge in [0.2, 0.25) is 0 Å². The topological polar surface area (TPSA) is 72.4 Å². The van der Waals surface area contributed by atoms with Gasteiger partial charge in [0, 0.05) is 24.1 Å². The van der Waals surface area contributed by atoms with E-state index >= 15 is 0 Å². The molecule has 0 spiro atoms. The molecule has 3 heterocycles. The summed E-state index contributed by atoms with van der Waals surface area (Å²) in [7, 11) is 0. The first-order chi connectivity index (χ1) is 10.5. The van der Waals surface area contributed by atoms with Gasteiger partial charge in [0.05, 0.1) is 11.7 Å². The van der Waals surface area contributed by atoms with Gasteiger partial charge in [0.15, 0.2) is 5.69 Å². The van der Waals surface area contributed by atoms with Crippen molar-refractivity contribution in [1.29, 1.82) is 0 Å². The van der Waals surface area contributed by atoms with E-state index in [0.29, 0.717) is 5.69 Å². The molecular formula is C16H21N3O3. The molecule has 1 atom stereocenters. The Morgan fingerprint density at radius 1 is 1.32 bits per heavy atom. The fourth-order valence-corrected chi connectivity index (χ4v) is 3.09. The van der Waals surface area contributed by atoms with Gasteiger partial charge in [-0.1, -0.05) is 24.2 Å². The van der Waals surface area contributed by atoms with E-state index in [0.717, 1.165) is 42.2 Å². The van der Waals surface area contributed by atoms with Gasteiger partial charge in [-0.3, -0.25) is 4.79 Å². The number of aryl methyl sites for hydroxylation is 2. The maximum absolute atomic E-state index is 12.8. The van der Waals surface area contributed by atoms with Gasteiger partial charge >= 0.3 is 0 Å². The van der Waals surface area contributed by atoms with Gasteiger partial charge in [0.25, 0.3) is 5.91 Å². The number of rotatable bonds is 3. The number of carbonyl (C=O) groups is 1. The van der Waals surface area contributed by atoms with Gasteiger partial charge < -0.3 is 13.9 Å². The van der Waals surface area contributed by atoms with Crippen LogP contribution in [0, 0.1) is 13.8 Å². The SMILES string of the molecule is Cc1noc(C)c1[C@@H]1CCCN1C(=O)c1cc(C(C)C)on1. The lowest BCUT2D eigenvalue weighted by molar-refractivity contribution is 0.0724. The first-order valence-corrected chi connectivity index (χ1v) is 7.69. The number of hydrogen-bond acceptors (Lipinski definition) is 5. The minimum atomic E-state index is -0.0850. The Balaban J connectivity index is 1.88. The van der Waals surface area contributed by atoms with Gasteiger partial charge in [-0.2, -0.15) is 0 Å². The highest BCUT2D eigenvalue weighted by Gasteiger charge is 2.35. The normalized spacial score (nSPS) is 18.4. The van der Waals surface area contributed by atoms with Crippen LogP contribution in [-0.2, 0) is 0 Å². The van der Waals surface area contributed by atoms with Gasteiger partial charge in [-0.05, 0) is 26.7 Å². The molecule has 22 heavy (non-hydrogen) atoms. The van der Waals surface area contributed by atoms with Gasteiger partial charge in [-0.25, -0.2) is 0 Å². The predicted octanol–water partition coefficient (Wildman–Crippen LogP) is 3.38. The summed E-state index contributed by atoms with van der Waals surface area (Å²) in [4.78, 5) is 14.6. The fraction of sp³-hybridized carbons (Fsp3) is 0.562. The van der Waals surface area contributed by atoms with Crippen LogP contribution >= 0.6 is 0 Å². The van der Waals surface area contributed by atoms with Crippen molar-refractivity contribution in [2.24, 2.45) is 0 Å². The molecule has 0 saturated carbocycles. The van der Waals surface area contributed by atoms with Crippen molar-refractivity contribution in [2.75, 3.05) is 6.54 Å². The molecule has 2 aromatic heterocycles. The van der Waals surface area contributed by atoms with E-state index in [-0.39, 0.29) is 17.9 Å². The number of amides is 1. The number of aromatic nitrogens is 2. The zero-order valence-corrected chi connectivity index (χ0v) is 13.4. The van der Waals surface area contributed by atoms with E-state index in [1.54, 1.807) is 6.07 Å². The summed E-state index contributed by atoms with van der Waals surface area (Å²) in [5.41, 5.74) is 2.26. The lowest BCUT2D eigenvalue weighted by Crippen LogP contribution is -2.31. The fourth-order valence-electron chi connectivity index (χ4n) is 3.09. The van der Waals surface area contributed by atoms with Crippen molar-refractivity contribution in [3.63, 3.8) is 0 Å². The summed E-state index contributed by atoms with van der Waals surface area (Å²) in [5.74, 6) is 1.64. The maximum atomic E-state index is 12.8. The van der Waals surface area contributed by atoms with E-state index in [2.05, 4.69) is 10.3 Å². The monoisotopic (exact) mass is 303 g/mol. The Kier molecular flexibility index (Phi) is 3.76. The standard InChI is InChI=1S/C16H21N3O3/c1-9(2)14-8-12(18-22-14)16(20)19-7-5-6-13(19)15-10(3)17-21-11(15)4/h8-9,13H,5-7H2,1-4H3/t13-/m0/s1. The van der Waals surface area contributed by atoms with E-state index in [1.807, 2.05) is 32.6 Å². The van der Waals surface area contributed by atoms with Crippen LogP contribution in [-0.4, -0.2) is 27.7 Å². The number of nitrogens with zero attached hydrogens (tertiary/aromatic N) is 3. The van der Waals surface area contributed by atoms with Crippen LogP contribution in [0.2, 0.25) is 0 Å². The van der Waals surface area contributed by atoms with E-state index in [9.17, 15) is 4.79 Å². The molecule has 0 aromatic carbocycles. The molecule has 3 rings (SSSR count). The largest absolute Gasteiger partial charge is 0.361 e. The van der Waals surface area contributed by atoms with E-state index in [4.69, 9.17) is 9.05 Å². The van der Waals surface area contributed by atoms with Crippen LogP contribution in [0.5, 0.6) is 0 Å². The second-order valence-electron chi connectivity index (χ2n) is 6.16. The van der Waals surface area contributed by atoms with Crippen molar-refractivity contribution in [2.45, 2.75) is 52.5 Å². The molecule has 1 fully saturated rings. The quantitative estimate of drug-likeness (QED) is 0.869. The lowest BCUT2D eigenvalue weighted by atomic mass is 10.0. The Hall–Kier alpha value is -2.11. The van der Waals surface area contributed by atoms with Crippen LogP contribution in [0.25, 0.3) is 0 Å². The van der Waals surface area contributed by atoms with E-state index < -0.39 is 0 Å². The summed E-state index contributed by atoms with van der Waals surface area (Å²) >= 11 is 0. The third kappa shape index (κ3) is 2.42. The summed E-state index contributed by atoms with van der Waals surface area (Å²) in [6.45, 7) is 8.55. The molecule has 6 heteroatoms. The zero-order valence-electron chi connectivity index (χ0n) is 13.4. The minimum Gasteiger partial charge on any atom is -0.361 e.